The van der Waals surface area contributed by atoms with E-state index >= 15 is 0 Å². The zero-order valence-electron chi connectivity index (χ0n) is 12.3. The van der Waals surface area contributed by atoms with Crippen molar-refractivity contribution in [1.29, 1.82) is 0 Å². The Kier molecular flexibility index (Phi) is 4.95. The molecule has 2 aromatic rings. The first kappa shape index (κ1) is 15.1. The van der Waals surface area contributed by atoms with Gasteiger partial charge in [0, 0.05) is 12.2 Å². The lowest BCUT2D eigenvalue weighted by Crippen LogP contribution is -2.30. The largest absolute Gasteiger partial charge is 0.481 e. The molecule has 110 valence electrons. The number of hydrogen-bond donors (Lipinski definition) is 2. The van der Waals surface area contributed by atoms with Crippen molar-refractivity contribution in [3.8, 4) is 5.75 Å². The highest BCUT2D eigenvalue weighted by molar-refractivity contribution is 5.94. The molecule has 1 atom stereocenters. The first-order chi connectivity index (χ1) is 10.1. The second-order valence-electron chi connectivity index (χ2n) is 4.92. The normalized spacial score (nSPS) is 11.8. The highest BCUT2D eigenvalue weighted by Crippen LogP contribution is 2.21. The van der Waals surface area contributed by atoms with Crippen LogP contribution in [0.2, 0.25) is 0 Å². The summed E-state index contributed by atoms with van der Waals surface area (Å²) < 4.78 is 5.75. The molecule has 2 rings (SSSR count). The van der Waals surface area contributed by atoms with Gasteiger partial charge in [-0.05, 0) is 43.2 Å². The van der Waals surface area contributed by atoms with Gasteiger partial charge in [0.1, 0.15) is 5.75 Å². The topological polar surface area (TPSA) is 64.3 Å². The van der Waals surface area contributed by atoms with E-state index in [0.717, 1.165) is 16.8 Å². The van der Waals surface area contributed by atoms with Crippen LogP contribution in [0.25, 0.3) is 0 Å². The number of ether oxygens (including phenoxy) is 1. The molecule has 4 heteroatoms. The van der Waals surface area contributed by atoms with E-state index in [9.17, 15) is 4.79 Å². The average molecular weight is 284 g/mol. The lowest BCUT2D eigenvalue weighted by molar-refractivity contribution is -0.122. The van der Waals surface area contributed by atoms with Crippen LogP contribution in [-0.2, 0) is 11.3 Å². The number of para-hydroxylation sites is 1. The van der Waals surface area contributed by atoms with Crippen molar-refractivity contribution in [2.45, 2.75) is 26.5 Å². The fourth-order valence-electron chi connectivity index (χ4n) is 1.91. The van der Waals surface area contributed by atoms with Crippen molar-refractivity contribution in [2.75, 3.05) is 5.32 Å². The number of aryl methyl sites for hydroxylation is 1. The molecule has 0 saturated heterocycles. The fourth-order valence-corrected chi connectivity index (χ4v) is 1.91. The molecule has 4 nitrogen and oxygen atoms in total. The SMILES string of the molecule is Cc1ccc(CN)cc1OC(C)C(=O)Nc1ccccc1. The summed E-state index contributed by atoms with van der Waals surface area (Å²) in [6.07, 6.45) is -0.586. The minimum absolute atomic E-state index is 0.182. The standard InChI is InChI=1S/C17H20N2O2/c1-12-8-9-14(11-18)10-16(12)21-13(2)17(20)19-15-6-4-3-5-7-15/h3-10,13H,11,18H2,1-2H3,(H,19,20). The number of nitrogens with one attached hydrogen (secondary N) is 1. The van der Waals surface area contributed by atoms with Crippen LogP contribution in [0.1, 0.15) is 18.1 Å². The van der Waals surface area contributed by atoms with Gasteiger partial charge in [-0.15, -0.1) is 0 Å². The van der Waals surface area contributed by atoms with Crippen molar-refractivity contribution >= 4 is 11.6 Å². The Hall–Kier alpha value is -2.33. The number of rotatable bonds is 5. The molecule has 3 N–H and O–H groups in total. The number of nitrogens with two attached hydrogens (primary N) is 1. The van der Waals surface area contributed by atoms with Gasteiger partial charge in [0.2, 0.25) is 0 Å². The van der Waals surface area contributed by atoms with E-state index in [1.54, 1.807) is 6.92 Å². The Bertz CT molecular complexity index is 611. The number of carbonyl (C=O) groups excluding carboxylic acids is 1. The van der Waals surface area contributed by atoms with Crippen molar-refractivity contribution in [3.63, 3.8) is 0 Å². The molecular formula is C17H20N2O2. The number of hydrogen-bond acceptors (Lipinski definition) is 3. The quantitative estimate of drug-likeness (QED) is 0.887. The third-order valence-electron chi connectivity index (χ3n) is 3.20. The van der Waals surface area contributed by atoms with E-state index in [1.165, 1.54) is 0 Å². The van der Waals surface area contributed by atoms with Gasteiger partial charge in [-0.2, -0.15) is 0 Å². The first-order valence-electron chi connectivity index (χ1n) is 6.92. The van der Waals surface area contributed by atoms with Gasteiger partial charge < -0.3 is 15.8 Å². The second kappa shape index (κ2) is 6.90. The molecule has 0 bridgehead atoms. The molecule has 0 radical (unpaired) electrons. The van der Waals surface area contributed by atoms with Crippen LogP contribution in [0, 0.1) is 6.92 Å². The maximum atomic E-state index is 12.1. The van der Waals surface area contributed by atoms with Gasteiger partial charge in [0.15, 0.2) is 6.10 Å². The van der Waals surface area contributed by atoms with E-state index in [0.29, 0.717) is 12.3 Å². The number of anilines is 1. The average Bonchev–Trinajstić information content (AvgIpc) is 2.50. The van der Waals surface area contributed by atoms with Crippen molar-refractivity contribution in [1.82, 2.24) is 0 Å². The Morgan fingerprint density at radius 1 is 1.24 bits per heavy atom. The summed E-state index contributed by atoms with van der Waals surface area (Å²) in [6, 6.07) is 15.1. The predicted octanol–water partition coefficient (Wildman–Crippen LogP) is 2.86. The zero-order valence-corrected chi connectivity index (χ0v) is 12.3. The summed E-state index contributed by atoms with van der Waals surface area (Å²) in [5, 5.41) is 2.82. The van der Waals surface area contributed by atoms with E-state index in [2.05, 4.69) is 5.32 Å². The van der Waals surface area contributed by atoms with Gasteiger partial charge in [-0.25, -0.2) is 0 Å². The highest BCUT2D eigenvalue weighted by Gasteiger charge is 2.16. The molecule has 0 aromatic heterocycles. The molecular weight excluding hydrogens is 264 g/mol. The number of carbonyl (C=O) groups is 1. The summed E-state index contributed by atoms with van der Waals surface area (Å²) >= 11 is 0. The minimum atomic E-state index is -0.586. The monoisotopic (exact) mass is 284 g/mol. The molecule has 0 saturated carbocycles. The summed E-state index contributed by atoms with van der Waals surface area (Å²) in [7, 11) is 0. The van der Waals surface area contributed by atoms with Crippen LogP contribution in [0.4, 0.5) is 5.69 Å². The van der Waals surface area contributed by atoms with Crippen molar-refractivity contribution in [2.24, 2.45) is 5.73 Å². The van der Waals surface area contributed by atoms with Crippen molar-refractivity contribution in [3.05, 3.63) is 59.7 Å². The summed E-state index contributed by atoms with van der Waals surface area (Å²) in [4.78, 5) is 12.1. The molecule has 21 heavy (non-hydrogen) atoms. The lowest BCUT2D eigenvalue weighted by atomic mass is 10.1. The molecule has 0 aliphatic carbocycles. The third-order valence-corrected chi connectivity index (χ3v) is 3.20. The van der Waals surface area contributed by atoms with Gasteiger partial charge in [0.05, 0.1) is 0 Å². The van der Waals surface area contributed by atoms with Crippen molar-refractivity contribution < 1.29 is 9.53 Å². The van der Waals surface area contributed by atoms with Gasteiger partial charge in [-0.1, -0.05) is 30.3 Å². The Morgan fingerprint density at radius 3 is 2.62 bits per heavy atom. The van der Waals surface area contributed by atoms with Gasteiger partial charge in [-0.3, -0.25) is 4.79 Å². The van der Waals surface area contributed by atoms with E-state index in [1.807, 2.05) is 55.5 Å². The van der Waals surface area contributed by atoms with E-state index in [4.69, 9.17) is 10.5 Å². The maximum absolute atomic E-state index is 12.1. The molecule has 0 fully saturated rings. The molecule has 0 heterocycles. The first-order valence-corrected chi connectivity index (χ1v) is 6.92. The number of benzene rings is 2. The van der Waals surface area contributed by atoms with Gasteiger partial charge >= 0.3 is 0 Å². The third kappa shape index (κ3) is 4.07. The van der Waals surface area contributed by atoms with Gasteiger partial charge in [0.25, 0.3) is 5.91 Å². The zero-order chi connectivity index (χ0) is 15.2. The van der Waals surface area contributed by atoms with Crippen LogP contribution in [0.15, 0.2) is 48.5 Å². The summed E-state index contributed by atoms with van der Waals surface area (Å²) in [6.45, 7) is 4.12. The van der Waals surface area contributed by atoms with Crippen LogP contribution in [-0.4, -0.2) is 12.0 Å². The van der Waals surface area contributed by atoms with E-state index < -0.39 is 6.10 Å². The molecule has 2 aromatic carbocycles. The highest BCUT2D eigenvalue weighted by atomic mass is 16.5. The van der Waals surface area contributed by atoms with Crippen LogP contribution in [0.5, 0.6) is 5.75 Å². The molecule has 0 spiro atoms. The maximum Gasteiger partial charge on any atom is 0.265 e. The summed E-state index contributed by atoms with van der Waals surface area (Å²) in [5.41, 5.74) is 8.34. The number of amides is 1. The Balaban J connectivity index is 2.04. The Labute approximate surface area is 124 Å². The minimum Gasteiger partial charge on any atom is -0.481 e. The molecule has 0 aliphatic heterocycles. The summed E-state index contributed by atoms with van der Waals surface area (Å²) in [5.74, 6) is 0.507. The fraction of sp³-hybridized carbons (Fsp3) is 0.235. The van der Waals surface area contributed by atoms with Crippen LogP contribution >= 0.6 is 0 Å². The van der Waals surface area contributed by atoms with Crippen LogP contribution in [0.3, 0.4) is 0 Å². The lowest BCUT2D eigenvalue weighted by Gasteiger charge is -2.17. The van der Waals surface area contributed by atoms with Crippen LogP contribution < -0.4 is 15.8 Å². The predicted molar refractivity (Wildman–Crippen MR) is 84.2 cm³/mol. The molecule has 0 aliphatic rings. The smallest absolute Gasteiger partial charge is 0.265 e. The van der Waals surface area contributed by atoms with E-state index in [-0.39, 0.29) is 5.91 Å². The Morgan fingerprint density at radius 2 is 1.95 bits per heavy atom. The second-order valence-corrected chi connectivity index (χ2v) is 4.92. The molecule has 1 unspecified atom stereocenters. The molecule has 1 amide bonds.